The van der Waals surface area contributed by atoms with Crippen LogP contribution in [0.1, 0.15) is 0 Å². The van der Waals surface area contributed by atoms with Gasteiger partial charge in [-0.05, 0) is 0 Å². The third kappa shape index (κ3) is 13.8. The van der Waals surface area contributed by atoms with Crippen LogP contribution in [0.4, 0.5) is 0 Å². The fourth-order valence-corrected chi connectivity index (χ4v) is 0.807. The SMILES string of the molecule is O=S(=O)(O)CCNCCO.[NaH]. The first-order chi connectivity index (χ1) is 4.56. The van der Waals surface area contributed by atoms with Crippen LogP contribution in [0.15, 0.2) is 0 Å². The maximum absolute atomic E-state index is 10.0. The van der Waals surface area contributed by atoms with Crippen LogP contribution in [0.25, 0.3) is 0 Å². The van der Waals surface area contributed by atoms with Crippen LogP contribution in [-0.2, 0) is 10.1 Å². The minimum absolute atomic E-state index is 0. The number of nitrogens with one attached hydrogen (secondary N) is 1. The average Bonchev–Trinajstić information content (AvgIpc) is 1.78. The molecule has 0 aliphatic heterocycles. The Hall–Kier alpha value is 0.830. The summed E-state index contributed by atoms with van der Waals surface area (Å²) in [5, 5.41) is 10.8. The fraction of sp³-hybridized carbons (Fsp3) is 1.00. The second kappa shape index (κ2) is 7.48. The van der Waals surface area contributed by atoms with Gasteiger partial charge in [0.2, 0.25) is 0 Å². The summed E-state index contributed by atoms with van der Waals surface area (Å²) in [5.41, 5.74) is 0. The van der Waals surface area contributed by atoms with Gasteiger partial charge in [0.25, 0.3) is 10.1 Å². The second-order valence-electron chi connectivity index (χ2n) is 1.76. The molecule has 0 aromatic carbocycles. The molecule has 64 valence electrons. The first kappa shape index (κ1) is 14.4. The molecule has 11 heavy (non-hydrogen) atoms. The van der Waals surface area contributed by atoms with Crippen LogP contribution in [0.5, 0.6) is 0 Å². The van der Waals surface area contributed by atoms with Crippen molar-refractivity contribution in [3.63, 3.8) is 0 Å². The van der Waals surface area contributed by atoms with Crippen LogP contribution >= 0.6 is 0 Å². The van der Waals surface area contributed by atoms with Crippen molar-refractivity contribution in [1.82, 2.24) is 5.32 Å². The zero-order chi connectivity index (χ0) is 8.04. The second-order valence-corrected chi connectivity index (χ2v) is 3.33. The number of hydrogen-bond donors (Lipinski definition) is 3. The van der Waals surface area contributed by atoms with Crippen molar-refractivity contribution in [3.05, 3.63) is 0 Å². The monoisotopic (exact) mass is 193 g/mol. The van der Waals surface area contributed by atoms with Gasteiger partial charge in [-0.1, -0.05) is 0 Å². The third-order valence-electron chi connectivity index (χ3n) is 0.825. The van der Waals surface area contributed by atoms with Crippen molar-refractivity contribution in [2.24, 2.45) is 0 Å². The normalized spacial score (nSPS) is 10.7. The Kier molecular flexibility index (Phi) is 9.76. The summed E-state index contributed by atoms with van der Waals surface area (Å²) in [6.45, 7) is 0.473. The summed E-state index contributed by atoms with van der Waals surface area (Å²) in [6.07, 6.45) is 0. The van der Waals surface area contributed by atoms with E-state index in [0.717, 1.165) is 0 Å². The van der Waals surface area contributed by atoms with E-state index in [1.807, 2.05) is 0 Å². The molecule has 0 aliphatic rings. The molecule has 0 rings (SSSR count). The number of aliphatic hydroxyl groups is 1. The van der Waals surface area contributed by atoms with Gasteiger partial charge < -0.3 is 10.4 Å². The molecule has 0 atom stereocenters. The predicted octanol–water partition coefficient (Wildman–Crippen LogP) is -2.19. The van der Waals surface area contributed by atoms with E-state index in [0.29, 0.717) is 6.54 Å². The van der Waals surface area contributed by atoms with Crippen molar-refractivity contribution in [3.8, 4) is 0 Å². The molecule has 0 aromatic heterocycles. The standard InChI is InChI=1S/C4H11NO4S.Na.H/c6-3-1-5-2-4-10(7,8)9;;/h5-6H,1-4H2,(H,7,8,9);;. The third-order valence-corrected chi connectivity index (χ3v) is 1.55. The van der Waals surface area contributed by atoms with E-state index in [1.54, 1.807) is 0 Å². The number of aliphatic hydroxyl groups excluding tert-OH is 1. The van der Waals surface area contributed by atoms with Crippen LogP contribution in [0.2, 0.25) is 0 Å². The van der Waals surface area contributed by atoms with Gasteiger partial charge in [-0.2, -0.15) is 8.42 Å². The van der Waals surface area contributed by atoms with E-state index in [4.69, 9.17) is 9.66 Å². The van der Waals surface area contributed by atoms with Gasteiger partial charge in [-0.3, -0.25) is 4.55 Å². The Morgan fingerprint density at radius 2 is 1.82 bits per heavy atom. The Morgan fingerprint density at radius 3 is 2.18 bits per heavy atom. The molecule has 0 spiro atoms. The van der Waals surface area contributed by atoms with E-state index < -0.39 is 10.1 Å². The molecule has 0 saturated carbocycles. The molecule has 0 radical (unpaired) electrons. The molecule has 0 unspecified atom stereocenters. The minimum atomic E-state index is -3.85. The Balaban J connectivity index is 0. The molecule has 0 amide bonds. The summed E-state index contributed by atoms with van der Waals surface area (Å²) in [7, 11) is -3.85. The van der Waals surface area contributed by atoms with Crippen LogP contribution in [-0.4, -0.2) is 73.1 Å². The van der Waals surface area contributed by atoms with Gasteiger partial charge in [0.1, 0.15) is 0 Å². The molecular weight excluding hydrogens is 181 g/mol. The van der Waals surface area contributed by atoms with E-state index in [-0.39, 0.29) is 48.5 Å². The summed E-state index contributed by atoms with van der Waals surface area (Å²) >= 11 is 0. The molecular formula is C4H12NNaO4S. The quantitative estimate of drug-likeness (QED) is 0.262. The van der Waals surface area contributed by atoms with Crippen LogP contribution in [0.3, 0.4) is 0 Å². The van der Waals surface area contributed by atoms with Crippen LogP contribution < -0.4 is 5.32 Å². The van der Waals surface area contributed by atoms with Gasteiger partial charge in [0.05, 0.1) is 12.4 Å². The van der Waals surface area contributed by atoms with E-state index in [2.05, 4.69) is 5.32 Å². The Morgan fingerprint density at radius 1 is 1.27 bits per heavy atom. The molecule has 0 aliphatic carbocycles. The van der Waals surface area contributed by atoms with Crippen molar-refractivity contribution in [2.75, 3.05) is 25.4 Å². The zero-order valence-electron chi connectivity index (χ0n) is 5.45. The molecule has 0 aromatic rings. The predicted molar refractivity (Wildman–Crippen MR) is 43.5 cm³/mol. The first-order valence-electron chi connectivity index (χ1n) is 2.83. The molecule has 5 nitrogen and oxygen atoms in total. The summed E-state index contributed by atoms with van der Waals surface area (Å²) in [5.74, 6) is -0.312. The van der Waals surface area contributed by atoms with E-state index >= 15 is 0 Å². The van der Waals surface area contributed by atoms with Gasteiger partial charge in [0.15, 0.2) is 0 Å². The van der Waals surface area contributed by atoms with Gasteiger partial charge in [-0.15, -0.1) is 0 Å². The Bertz CT molecular complexity index is 169. The van der Waals surface area contributed by atoms with Crippen molar-refractivity contribution in [2.45, 2.75) is 0 Å². The first-order valence-corrected chi connectivity index (χ1v) is 4.44. The van der Waals surface area contributed by atoms with Gasteiger partial charge in [0, 0.05) is 13.1 Å². The van der Waals surface area contributed by atoms with Gasteiger partial charge >= 0.3 is 29.6 Å². The maximum atomic E-state index is 10.0. The summed E-state index contributed by atoms with van der Waals surface area (Å²) < 4.78 is 28.3. The topological polar surface area (TPSA) is 86.6 Å². The summed E-state index contributed by atoms with van der Waals surface area (Å²) in [4.78, 5) is 0. The fourth-order valence-electron chi connectivity index (χ4n) is 0.405. The molecule has 0 bridgehead atoms. The number of rotatable bonds is 5. The van der Waals surface area contributed by atoms with Crippen molar-refractivity contribution in [1.29, 1.82) is 0 Å². The zero-order valence-corrected chi connectivity index (χ0v) is 6.26. The van der Waals surface area contributed by atoms with Crippen molar-refractivity contribution >= 4 is 39.7 Å². The van der Waals surface area contributed by atoms with Gasteiger partial charge in [-0.25, -0.2) is 0 Å². The van der Waals surface area contributed by atoms with E-state index in [1.165, 1.54) is 0 Å². The van der Waals surface area contributed by atoms with Crippen molar-refractivity contribution < 1.29 is 18.1 Å². The van der Waals surface area contributed by atoms with Crippen LogP contribution in [0, 0.1) is 0 Å². The Labute approximate surface area is 88.2 Å². The number of hydrogen-bond acceptors (Lipinski definition) is 4. The molecule has 0 saturated heterocycles. The van der Waals surface area contributed by atoms with E-state index in [9.17, 15) is 8.42 Å². The molecule has 0 heterocycles. The summed E-state index contributed by atoms with van der Waals surface area (Å²) in [6, 6.07) is 0. The molecule has 3 N–H and O–H groups in total. The average molecular weight is 193 g/mol. The molecule has 7 heteroatoms. The molecule has 0 fully saturated rings.